The lowest BCUT2D eigenvalue weighted by Crippen LogP contribution is -2.00. The van der Waals surface area contributed by atoms with Crippen LogP contribution in [0.2, 0.25) is 0 Å². The van der Waals surface area contributed by atoms with E-state index in [1.54, 1.807) is 0 Å². The monoisotopic (exact) mass is 577 g/mol. The molecule has 0 aliphatic carbocycles. The predicted molar refractivity (Wildman–Crippen MR) is 199 cm³/mol. The minimum atomic E-state index is 1.08. The second kappa shape index (κ2) is 11.8. The summed E-state index contributed by atoms with van der Waals surface area (Å²) in [5.74, 6) is 0. The Labute approximate surface area is 265 Å². The van der Waals surface area contributed by atoms with E-state index in [-0.39, 0.29) is 0 Å². The van der Waals surface area contributed by atoms with E-state index in [9.17, 15) is 0 Å². The number of hydrogen-bond donors (Lipinski definition) is 0. The van der Waals surface area contributed by atoms with Crippen molar-refractivity contribution in [1.29, 1.82) is 0 Å². The molecule has 0 amide bonds. The molecule has 1 heterocycles. The maximum Gasteiger partial charge on any atom is 0.0537 e. The Hall–Kier alpha value is -5.66. The number of allylic oxidation sites excluding steroid dienone is 2. The Morgan fingerprint density at radius 2 is 1.00 bits per heavy atom. The van der Waals surface area contributed by atoms with E-state index in [0.29, 0.717) is 0 Å². The minimum absolute atomic E-state index is 1.08. The van der Waals surface area contributed by atoms with E-state index >= 15 is 0 Å². The fourth-order valence-corrected chi connectivity index (χ4v) is 6.97. The predicted octanol–water partition coefficient (Wildman–Crippen LogP) is 12.6. The highest BCUT2D eigenvalue weighted by Crippen LogP contribution is 2.45. The average molecular weight is 578 g/mol. The molecule has 0 atom stereocenters. The van der Waals surface area contributed by atoms with Gasteiger partial charge in [-0.2, -0.15) is 0 Å². The van der Waals surface area contributed by atoms with Crippen molar-refractivity contribution in [2.75, 3.05) is 0 Å². The molecular formula is C44H35N. The van der Waals surface area contributed by atoms with Gasteiger partial charge in [-0.15, -0.1) is 0 Å². The molecule has 0 radical (unpaired) electrons. The molecule has 0 saturated carbocycles. The summed E-state index contributed by atoms with van der Waals surface area (Å²) in [5, 5.41) is 7.50. The summed E-state index contributed by atoms with van der Waals surface area (Å²) in [6, 6.07) is 42.0. The third-order valence-corrected chi connectivity index (χ3v) is 8.76. The summed E-state index contributed by atoms with van der Waals surface area (Å²) in [6.45, 7) is 12.4. The first-order valence-corrected chi connectivity index (χ1v) is 15.5. The average Bonchev–Trinajstić information content (AvgIpc) is 3.39. The zero-order chi connectivity index (χ0) is 30.9. The van der Waals surface area contributed by atoms with Gasteiger partial charge in [-0.3, -0.25) is 0 Å². The highest BCUT2D eigenvalue weighted by Gasteiger charge is 2.20. The molecule has 7 rings (SSSR count). The zero-order valence-corrected chi connectivity index (χ0v) is 25.8. The molecule has 0 aliphatic rings. The lowest BCUT2D eigenvalue weighted by molar-refractivity contribution is 1.04. The number of rotatable bonds is 7. The van der Waals surface area contributed by atoms with Crippen LogP contribution < -0.4 is 0 Å². The van der Waals surface area contributed by atoms with Crippen molar-refractivity contribution < 1.29 is 0 Å². The largest absolute Gasteiger partial charge is 0.309 e. The molecular weight excluding hydrogens is 542 g/mol. The molecule has 216 valence electrons. The van der Waals surface area contributed by atoms with Gasteiger partial charge in [0.15, 0.2) is 0 Å². The third-order valence-electron chi connectivity index (χ3n) is 8.76. The van der Waals surface area contributed by atoms with Crippen molar-refractivity contribution in [1.82, 2.24) is 4.57 Å². The topological polar surface area (TPSA) is 4.93 Å². The Morgan fingerprint density at radius 3 is 1.56 bits per heavy atom. The number of fused-ring (bicyclic) bond motifs is 3. The van der Waals surface area contributed by atoms with Crippen LogP contribution in [-0.2, 0) is 0 Å². The fourth-order valence-electron chi connectivity index (χ4n) is 6.97. The molecule has 0 fully saturated rings. The molecule has 0 N–H and O–H groups in total. The Bertz CT molecular complexity index is 2220. The van der Waals surface area contributed by atoms with Crippen molar-refractivity contribution in [2.24, 2.45) is 0 Å². The lowest BCUT2D eigenvalue weighted by Gasteiger charge is -2.19. The number of nitrogens with zero attached hydrogens (tertiary/aromatic N) is 1. The van der Waals surface area contributed by atoms with Gasteiger partial charge in [0.25, 0.3) is 0 Å². The van der Waals surface area contributed by atoms with Crippen LogP contribution in [0.4, 0.5) is 0 Å². The van der Waals surface area contributed by atoms with Crippen LogP contribution in [0.15, 0.2) is 141 Å². The summed E-state index contributed by atoms with van der Waals surface area (Å²) in [5.41, 5.74) is 10.4. The van der Waals surface area contributed by atoms with Crippen LogP contribution >= 0.6 is 0 Å². The van der Waals surface area contributed by atoms with Gasteiger partial charge in [-0.1, -0.05) is 141 Å². The molecule has 1 heteroatoms. The molecule has 1 nitrogen and oxygen atoms in total. The van der Waals surface area contributed by atoms with Crippen molar-refractivity contribution in [3.8, 4) is 27.9 Å². The molecule has 6 aromatic carbocycles. The summed E-state index contributed by atoms with van der Waals surface area (Å²) in [7, 11) is 0. The third kappa shape index (κ3) is 4.56. The minimum Gasteiger partial charge on any atom is -0.309 e. The first-order chi connectivity index (χ1) is 22.2. The SMILES string of the molecule is C=Cc1c(C=C)c(/C=C\C)n(-c2cccc(-c3c4ccccc4c(-c4cccc5ccccc45)c4ccccc34)c2)c1/C=C\C. The second-order valence-electron chi connectivity index (χ2n) is 11.3. The summed E-state index contributed by atoms with van der Waals surface area (Å²) in [6.07, 6.45) is 12.4. The normalized spacial score (nSPS) is 11.8. The van der Waals surface area contributed by atoms with Crippen LogP contribution in [0.25, 0.3) is 84.6 Å². The van der Waals surface area contributed by atoms with Crippen molar-refractivity contribution in [3.63, 3.8) is 0 Å². The molecule has 0 bridgehead atoms. The smallest absolute Gasteiger partial charge is 0.0537 e. The molecule has 1 aromatic heterocycles. The lowest BCUT2D eigenvalue weighted by atomic mass is 9.84. The van der Waals surface area contributed by atoms with E-state index in [0.717, 1.165) is 28.2 Å². The number of hydrogen-bond acceptors (Lipinski definition) is 0. The molecule has 0 aliphatic heterocycles. The van der Waals surface area contributed by atoms with Crippen LogP contribution in [0, 0.1) is 0 Å². The summed E-state index contributed by atoms with van der Waals surface area (Å²) < 4.78 is 2.33. The van der Waals surface area contributed by atoms with Gasteiger partial charge in [0.1, 0.15) is 0 Å². The second-order valence-corrected chi connectivity index (χ2v) is 11.3. The highest BCUT2D eigenvalue weighted by molar-refractivity contribution is 6.23. The van der Waals surface area contributed by atoms with Gasteiger partial charge >= 0.3 is 0 Å². The summed E-state index contributed by atoms with van der Waals surface area (Å²) >= 11 is 0. The quantitative estimate of drug-likeness (QED) is 0.166. The number of aromatic nitrogens is 1. The molecule has 0 saturated heterocycles. The van der Waals surface area contributed by atoms with Gasteiger partial charge in [-0.05, 0) is 92.7 Å². The van der Waals surface area contributed by atoms with E-state index in [2.05, 4.69) is 171 Å². The van der Waals surface area contributed by atoms with Gasteiger partial charge < -0.3 is 4.57 Å². The number of benzene rings is 6. The van der Waals surface area contributed by atoms with E-state index in [1.807, 2.05) is 12.2 Å². The van der Waals surface area contributed by atoms with Crippen molar-refractivity contribution in [2.45, 2.75) is 13.8 Å². The van der Waals surface area contributed by atoms with Crippen molar-refractivity contribution in [3.05, 3.63) is 163 Å². The first kappa shape index (κ1) is 28.1. The first-order valence-electron chi connectivity index (χ1n) is 15.5. The zero-order valence-electron chi connectivity index (χ0n) is 25.8. The Kier molecular flexibility index (Phi) is 7.37. The van der Waals surface area contributed by atoms with Gasteiger partial charge in [-0.25, -0.2) is 0 Å². The Balaban J connectivity index is 1.56. The van der Waals surface area contributed by atoms with Gasteiger partial charge in [0.2, 0.25) is 0 Å². The van der Waals surface area contributed by atoms with Crippen LogP contribution in [0.1, 0.15) is 36.4 Å². The maximum absolute atomic E-state index is 4.16. The molecule has 7 aromatic rings. The van der Waals surface area contributed by atoms with E-state index in [4.69, 9.17) is 0 Å². The van der Waals surface area contributed by atoms with E-state index < -0.39 is 0 Å². The molecule has 0 unspecified atom stereocenters. The summed E-state index contributed by atoms with van der Waals surface area (Å²) in [4.78, 5) is 0. The van der Waals surface area contributed by atoms with Crippen LogP contribution in [0.5, 0.6) is 0 Å². The van der Waals surface area contributed by atoms with Crippen LogP contribution in [-0.4, -0.2) is 4.57 Å². The molecule has 45 heavy (non-hydrogen) atoms. The van der Waals surface area contributed by atoms with E-state index in [1.165, 1.54) is 54.6 Å². The van der Waals surface area contributed by atoms with Crippen molar-refractivity contribution >= 4 is 56.6 Å². The van der Waals surface area contributed by atoms with Gasteiger partial charge in [0, 0.05) is 16.8 Å². The fraction of sp³-hybridized carbons (Fsp3) is 0.0455. The standard InChI is InChI=1S/C44H35N/c1-5-17-41-33(7-3)34(8-4)42(18-6-2)45(41)32-22-15-21-31(29-32)43-37-24-11-13-26-39(37)44(40-27-14-12-25-38(40)43)36-28-16-20-30-19-9-10-23-35(30)36/h5-29H,3-4H2,1-2H3/b17-5-,18-6-. The highest BCUT2D eigenvalue weighted by atomic mass is 15.0. The van der Waals surface area contributed by atoms with Crippen LogP contribution in [0.3, 0.4) is 0 Å². The maximum atomic E-state index is 4.16. The Morgan fingerprint density at radius 1 is 0.511 bits per heavy atom. The van der Waals surface area contributed by atoms with Gasteiger partial charge in [0.05, 0.1) is 11.4 Å². The molecule has 0 spiro atoms.